The Morgan fingerprint density at radius 2 is 1.76 bits per heavy atom. The molecule has 1 N–H and O–H groups in total. The van der Waals surface area contributed by atoms with Crippen molar-refractivity contribution in [3.8, 4) is 5.75 Å². The predicted octanol–water partition coefficient (Wildman–Crippen LogP) is 2.84. The molecular formula is C14H17NO2. The molecular weight excluding hydrogens is 214 g/mol. The number of aliphatic hydroxyl groups is 1. The van der Waals surface area contributed by atoms with Gasteiger partial charge in [-0.3, -0.25) is 0 Å². The molecule has 1 heterocycles. The fourth-order valence-electron chi connectivity index (χ4n) is 1.73. The van der Waals surface area contributed by atoms with Crippen LogP contribution in [0.5, 0.6) is 5.75 Å². The minimum Gasteiger partial charge on any atom is -0.470 e. The van der Waals surface area contributed by atoms with Gasteiger partial charge in [-0.2, -0.15) is 0 Å². The maximum Gasteiger partial charge on any atom is 0.175 e. The lowest BCUT2D eigenvalue weighted by molar-refractivity contribution is 0.111. The molecule has 0 aliphatic rings. The summed E-state index contributed by atoms with van der Waals surface area (Å²) in [6, 6.07) is 13.7. The van der Waals surface area contributed by atoms with Crippen molar-refractivity contribution in [2.24, 2.45) is 0 Å². The van der Waals surface area contributed by atoms with Crippen LogP contribution in [-0.4, -0.2) is 16.3 Å². The van der Waals surface area contributed by atoms with Crippen molar-refractivity contribution in [2.75, 3.05) is 6.61 Å². The lowest BCUT2D eigenvalue weighted by Crippen LogP contribution is -2.14. The van der Waals surface area contributed by atoms with E-state index >= 15 is 0 Å². The maximum absolute atomic E-state index is 8.91. The molecule has 0 saturated heterocycles. The van der Waals surface area contributed by atoms with Crippen LogP contribution < -0.4 is 4.74 Å². The Bertz CT molecular complexity index is 411. The molecule has 0 saturated carbocycles. The largest absolute Gasteiger partial charge is 0.470 e. The van der Waals surface area contributed by atoms with E-state index in [-0.39, 0.29) is 12.8 Å². The first-order valence-electron chi connectivity index (χ1n) is 5.85. The molecule has 90 valence electrons. The normalized spacial score (nSPS) is 12.3. The Morgan fingerprint density at radius 1 is 1.06 bits per heavy atom. The number of hydrogen-bond acceptors (Lipinski definition) is 2. The zero-order valence-corrected chi connectivity index (χ0v) is 9.70. The van der Waals surface area contributed by atoms with Crippen molar-refractivity contribution >= 4 is 0 Å². The van der Waals surface area contributed by atoms with Gasteiger partial charge >= 0.3 is 0 Å². The van der Waals surface area contributed by atoms with Crippen molar-refractivity contribution < 1.29 is 9.84 Å². The summed E-state index contributed by atoms with van der Waals surface area (Å²) < 4.78 is 7.93. The Kier molecular flexibility index (Phi) is 4.22. The van der Waals surface area contributed by atoms with Crippen molar-refractivity contribution in [2.45, 2.75) is 19.1 Å². The Balaban J connectivity index is 2.06. The third kappa shape index (κ3) is 3.36. The highest BCUT2D eigenvalue weighted by molar-refractivity contribution is 5.21. The SMILES string of the molecule is OCCCC(Oc1ccccc1)n1cccc1. The van der Waals surface area contributed by atoms with E-state index in [0.29, 0.717) is 0 Å². The highest BCUT2D eigenvalue weighted by Gasteiger charge is 2.10. The molecule has 0 aliphatic heterocycles. The van der Waals surface area contributed by atoms with Crippen molar-refractivity contribution in [1.82, 2.24) is 4.57 Å². The summed E-state index contributed by atoms with van der Waals surface area (Å²) in [5.74, 6) is 0.851. The van der Waals surface area contributed by atoms with E-state index in [2.05, 4.69) is 0 Å². The van der Waals surface area contributed by atoms with E-state index in [0.717, 1.165) is 18.6 Å². The predicted molar refractivity (Wildman–Crippen MR) is 66.9 cm³/mol. The van der Waals surface area contributed by atoms with Gasteiger partial charge in [0.05, 0.1) is 0 Å². The minimum atomic E-state index is -0.0560. The Hall–Kier alpha value is -1.74. The van der Waals surface area contributed by atoms with Gasteiger partial charge in [-0.1, -0.05) is 18.2 Å². The van der Waals surface area contributed by atoms with Crippen LogP contribution in [0.3, 0.4) is 0 Å². The second-order valence-corrected chi connectivity index (χ2v) is 3.88. The van der Waals surface area contributed by atoms with E-state index in [1.807, 2.05) is 59.4 Å². The number of rotatable bonds is 6. The smallest absolute Gasteiger partial charge is 0.175 e. The van der Waals surface area contributed by atoms with Crippen LogP contribution >= 0.6 is 0 Å². The van der Waals surface area contributed by atoms with Gasteiger partial charge in [-0.25, -0.2) is 0 Å². The third-order valence-corrected chi connectivity index (χ3v) is 2.58. The molecule has 0 fully saturated rings. The minimum absolute atomic E-state index is 0.0560. The van der Waals surface area contributed by atoms with Crippen molar-refractivity contribution in [3.63, 3.8) is 0 Å². The highest BCUT2D eigenvalue weighted by Crippen LogP contribution is 2.20. The molecule has 2 rings (SSSR count). The van der Waals surface area contributed by atoms with E-state index in [1.165, 1.54) is 0 Å². The molecule has 1 unspecified atom stereocenters. The Labute approximate surface area is 101 Å². The van der Waals surface area contributed by atoms with Crippen LogP contribution in [-0.2, 0) is 0 Å². The van der Waals surface area contributed by atoms with Crippen molar-refractivity contribution in [3.05, 3.63) is 54.9 Å². The van der Waals surface area contributed by atoms with E-state index in [9.17, 15) is 0 Å². The monoisotopic (exact) mass is 231 g/mol. The number of benzene rings is 1. The molecule has 0 amide bonds. The first-order valence-corrected chi connectivity index (χ1v) is 5.85. The summed E-state index contributed by atoms with van der Waals surface area (Å²) in [6.45, 7) is 0.190. The second kappa shape index (κ2) is 6.11. The summed E-state index contributed by atoms with van der Waals surface area (Å²) in [5.41, 5.74) is 0. The van der Waals surface area contributed by atoms with Crippen LogP contribution in [0.15, 0.2) is 54.9 Å². The number of nitrogens with zero attached hydrogens (tertiary/aromatic N) is 1. The molecule has 0 radical (unpaired) electrons. The molecule has 0 spiro atoms. The summed E-state index contributed by atoms with van der Waals surface area (Å²) >= 11 is 0. The molecule has 1 aromatic heterocycles. The second-order valence-electron chi connectivity index (χ2n) is 3.88. The summed E-state index contributed by atoms with van der Waals surface area (Å²) in [4.78, 5) is 0. The first-order chi connectivity index (χ1) is 8.40. The molecule has 3 heteroatoms. The van der Waals surface area contributed by atoms with Gasteiger partial charge in [-0.05, 0) is 30.7 Å². The van der Waals surface area contributed by atoms with Crippen LogP contribution in [0.2, 0.25) is 0 Å². The van der Waals surface area contributed by atoms with Gasteiger partial charge in [-0.15, -0.1) is 0 Å². The molecule has 0 aliphatic carbocycles. The van der Waals surface area contributed by atoms with Crippen LogP contribution in [0.4, 0.5) is 0 Å². The zero-order chi connectivity index (χ0) is 11.9. The van der Waals surface area contributed by atoms with E-state index in [1.54, 1.807) is 0 Å². The van der Waals surface area contributed by atoms with E-state index < -0.39 is 0 Å². The molecule has 2 aromatic rings. The number of hydrogen-bond donors (Lipinski definition) is 1. The van der Waals surface area contributed by atoms with Gasteiger partial charge in [0.15, 0.2) is 6.23 Å². The van der Waals surface area contributed by atoms with Crippen molar-refractivity contribution in [1.29, 1.82) is 0 Å². The molecule has 3 nitrogen and oxygen atoms in total. The number of aliphatic hydroxyl groups excluding tert-OH is 1. The van der Waals surface area contributed by atoms with Crippen LogP contribution in [0.1, 0.15) is 19.1 Å². The van der Waals surface area contributed by atoms with Gasteiger partial charge in [0.2, 0.25) is 0 Å². The average Bonchev–Trinajstić information content (AvgIpc) is 2.89. The summed E-state index contributed by atoms with van der Waals surface area (Å²) in [6.07, 6.45) is 5.42. The lowest BCUT2D eigenvalue weighted by Gasteiger charge is -2.20. The topological polar surface area (TPSA) is 34.4 Å². The number of para-hydroxylation sites is 1. The summed E-state index contributed by atoms with van der Waals surface area (Å²) in [7, 11) is 0. The first kappa shape index (κ1) is 11.7. The van der Waals surface area contributed by atoms with Gasteiger partial charge in [0.25, 0.3) is 0 Å². The van der Waals surface area contributed by atoms with Gasteiger partial charge in [0, 0.05) is 25.4 Å². The third-order valence-electron chi connectivity index (χ3n) is 2.58. The van der Waals surface area contributed by atoms with Crippen LogP contribution in [0, 0.1) is 0 Å². The highest BCUT2D eigenvalue weighted by atomic mass is 16.5. The molecule has 0 bridgehead atoms. The molecule has 17 heavy (non-hydrogen) atoms. The quantitative estimate of drug-likeness (QED) is 0.829. The molecule has 1 atom stereocenters. The lowest BCUT2D eigenvalue weighted by atomic mass is 10.3. The van der Waals surface area contributed by atoms with E-state index in [4.69, 9.17) is 9.84 Å². The maximum atomic E-state index is 8.91. The number of aromatic nitrogens is 1. The Morgan fingerprint density at radius 3 is 2.41 bits per heavy atom. The van der Waals surface area contributed by atoms with Gasteiger partial charge < -0.3 is 14.4 Å². The van der Waals surface area contributed by atoms with Crippen LogP contribution in [0.25, 0.3) is 0 Å². The number of ether oxygens (including phenoxy) is 1. The standard InChI is InChI=1S/C14H17NO2/c16-12-6-9-14(15-10-4-5-11-15)17-13-7-2-1-3-8-13/h1-5,7-8,10-11,14,16H,6,9,12H2. The average molecular weight is 231 g/mol. The van der Waals surface area contributed by atoms with Gasteiger partial charge in [0.1, 0.15) is 5.75 Å². The summed E-state index contributed by atoms with van der Waals surface area (Å²) in [5, 5.41) is 8.91. The fraction of sp³-hybridized carbons (Fsp3) is 0.286. The molecule has 1 aromatic carbocycles. The fourth-order valence-corrected chi connectivity index (χ4v) is 1.73. The zero-order valence-electron chi connectivity index (χ0n) is 9.70.